The van der Waals surface area contributed by atoms with E-state index in [1.807, 2.05) is 0 Å². The van der Waals surface area contributed by atoms with E-state index >= 15 is 0 Å². The third kappa shape index (κ3) is 56.6. The fourth-order valence-electron chi connectivity index (χ4n) is 0. The molecular formula is InLi3O3. The number of hydrogen-bond acceptors (Lipinski definition) is 0. The molecule has 0 amide bonds. The maximum absolute atomic E-state index is 0. The molecule has 0 aliphatic heterocycles. The zero-order chi connectivity index (χ0) is 0. The minimum atomic E-state index is 0. The van der Waals surface area contributed by atoms with Crippen LogP contribution in [0.5, 0.6) is 0 Å². The van der Waals surface area contributed by atoms with E-state index in [0.717, 1.165) is 0 Å². The third-order valence-electron chi connectivity index (χ3n) is 0. The van der Waals surface area contributed by atoms with Gasteiger partial charge in [0, 0.05) is 0 Å². The van der Waals surface area contributed by atoms with Gasteiger partial charge in [-0.05, 0) is 0 Å². The number of rotatable bonds is 0. The summed E-state index contributed by atoms with van der Waals surface area (Å²) in [7, 11) is 0. The van der Waals surface area contributed by atoms with Crippen LogP contribution in [-0.4, -0.2) is 25.8 Å². The first-order valence-corrected chi connectivity index (χ1v) is 0. The molecule has 24 valence electrons. The van der Waals surface area contributed by atoms with Crippen LogP contribution in [0.25, 0.3) is 0 Å². The molecule has 0 aliphatic carbocycles. The summed E-state index contributed by atoms with van der Waals surface area (Å²) in [4.78, 5) is 0. The Kier molecular flexibility index (Phi) is 1160. The first kappa shape index (κ1) is 108. The fourth-order valence-corrected chi connectivity index (χ4v) is 0. The van der Waals surface area contributed by atoms with Gasteiger partial charge in [-0.3, -0.25) is 0 Å². The SMILES string of the molecule is [In+3].[Li+].[Li+].[Li+].[O-2].[O-2].[O-2]. The second kappa shape index (κ2) is 75.2. The van der Waals surface area contributed by atoms with Crippen molar-refractivity contribution in [3.63, 3.8) is 0 Å². The average molecular weight is 184 g/mol. The van der Waals surface area contributed by atoms with Gasteiger partial charge in [-0.15, -0.1) is 0 Å². The van der Waals surface area contributed by atoms with Crippen molar-refractivity contribution in [3.8, 4) is 0 Å². The molecule has 0 heterocycles. The van der Waals surface area contributed by atoms with Gasteiger partial charge in [0.15, 0.2) is 0 Å². The molecule has 0 aromatic rings. The Bertz CT molecular complexity index is 10.1. The molecule has 0 N–H and O–H groups in total. The van der Waals surface area contributed by atoms with Crippen molar-refractivity contribution in [1.29, 1.82) is 0 Å². The van der Waals surface area contributed by atoms with Crippen LogP contribution in [0, 0.1) is 0 Å². The summed E-state index contributed by atoms with van der Waals surface area (Å²) >= 11 is 0. The summed E-state index contributed by atoms with van der Waals surface area (Å²) in [5.74, 6) is 0. The molecule has 0 aromatic carbocycles. The predicted octanol–water partition coefficient (Wildman–Crippen LogP) is -9.73. The van der Waals surface area contributed by atoms with Crippen molar-refractivity contribution in [1.82, 2.24) is 0 Å². The second-order valence-corrected chi connectivity index (χ2v) is 0. The molecule has 0 saturated heterocycles. The third-order valence-corrected chi connectivity index (χ3v) is 0. The molecule has 7 heavy (non-hydrogen) atoms. The van der Waals surface area contributed by atoms with Crippen molar-refractivity contribution >= 4 is 25.8 Å². The summed E-state index contributed by atoms with van der Waals surface area (Å²) in [6, 6.07) is 0. The Morgan fingerprint density at radius 3 is 0.429 bits per heavy atom. The van der Waals surface area contributed by atoms with Gasteiger partial charge in [0.1, 0.15) is 0 Å². The van der Waals surface area contributed by atoms with Crippen molar-refractivity contribution in [3.05, 3.63) is 0 Å². The minimum Gasteiger partial charge on any atom is -2.00 e. The molecule has 0 radical (unpaired) electrons. The van der Waals surface area contributed by atoms with E-state index in [-0.39, 0.29) is 98.9 Å². The zero-order valence-corrected chi connectivity index (χ0v) is 8.10. The Balaban J connectivity index is 0. The Morgan fingerprint density at radius 2 is 0.429 bits per heavy atom. The quantitative estimate of drug-likeness (QED) is 0.334. The standard InChI is InChI=1S/In.3Li.3O/q+3;3*+1;3*-2. The van der Waals surface area contributed by atoms with Gasteiger partial charge < -0.3 is 16.4 Å². The van der Waals surface area contributed by atoms with E-state index in [1.54, 1.807) is 0 Å². The molecule has 0 atom stereocenters. The predicted molar refractivity (Wildman–Crippen MR) is 7.81 cm³/mol. The van der Waals surface area contributed by atoms with Gasteiger partial charge in [0.2, 0.25) is 0 Å². The van der Waals surface area contributed by atoms with E-state index in [0.29, 0.717) is 0 Å². The topological polar surface area (TPSA) is 85.5 Å². The van der Waals surface area contributed by atoms with Gasteiger partial charge in [0.25, 0.3) is 0 Å². The first-order chi connectivity index (χ1) is 0. The average Bonchev–Trinajstić information content (AvgIpc) is 0. The van der Waals surface area contributed by atoms with Crippen LogP contribution in [-0.2, 0) is 16.4 Å². The van der Waals surface area contributed by atoms with Gasteiger partial charge >= 0.3 is 82.4 Å². The maximum Gasteiger partial charge on any atom is 3.00 e. The monoisotopic (exact) mass is 184 g/mol. The Morgan fingerprint density at radius 1 is 0.429 bits per heavy atom. The molecule has 0 aliphatic rings. The minimum absolute atomic E-state index is 0. The van der Waals surface area contributed by atoms with E-state index in [2.05, 4.69) is 0 Å². The summed E-state index contributed by atoms with van der Waals surface area (Å²) in [6.07, 6.45) is 0. The normalized spacial score (nSPS) is 0. The van der Waals surface area contributed by atoms with E-state index in [4.69, 9.17) is 0 Å². The number of hydrogen-bond donors (Lipinski definition) is 0. The molecule has 0 spiro atoms. The van der Waals surface area contributed by atoms with Crippen LogP contribution in [0.1, 0.15) is 0 Å². The Labute approximate surface area is 97.6 Å². The largest absolute Gasteiger partial charge is 3.00 e. The molecule has 0 bridgehead atoms. The summed E-state index contributed by atoms with van der Waals surface area (Å²) in [5, 5.41) is 0. The smallest absolute Gasteiger partial charge is 2.00 e. The maximum atomic E-state index is 0. The van der Waals surface area contributed by atoms with Crippen LogP contribution in [0.4, 0.5) is 0 Å². The van der Waals surface area contributed by atoms with Crippen molar-refractivity contribution in [2.45, 2.75) is 0 Å². The molecular weight excluding hydrogens is 184 g/mol. The van der Waals surface area contributed by atoms with Gasteiger partial charge in [0.05, 0.1) is 0 Å². The summed E-state index contributed by atoms with van der Waals surface area (Å²) in [5.41, 5.74) is 0. The van der Waals surface area contributed by atoms with Crippen LogP contribution in [0.15, 0.2) is 0 Å². The molecule has 0 rings (SSSR count). The Hall–Kier alpha value is 2.54. The molecule has 0 unspecified atom stereocenters. The van der Waals surface area contributed by atoms with Crippen LogP contribution < -0.4 is 56.6 Å². The van der Waals surface area contributed by atoms with E-state index in [9.17, 15) is 0 Å². The second-order valence-electron chi connectivity index (χ2n) is 0. The van der Waals surface area contributed by atoms with Crippen molar-refractivity contribution in [2.75, 3.05) is 0 Å². The van der Waals surface area contributed by atoms with E-state index in [1.165, 1.54) is 0 Å². The molecule has 3 nitrogen and oxygen atoms in total. The van der Waals surface area contributed by atoms with E-state index < -0.39 is 0 Å². The zero-order valence-electron chi connectivity index (χ0n) is 4.80. The molecule has 0 saturated carbocycles. The van der Waals surface area contributed by atoms with Crippen molar-refractivity contribution in [2.24, 2.45) is 0 Å². The first-order valence-electron chi connectivity index (χ1n) is 0. The van der Waals surface area contributed by atoms with Gasteiger partial charge in [-0.25, -0.2) is 0 Å². The molecule has 0 fully saturated rings. The van der Waals surface area contributed by atoms with Gasteiger partial charge in [-0.2, -0.15) is 0 Å². The molecule has 0 aromatic heterocycles. The van der Waals surface area contributed by atoms with Crippen molar-refractivity contribution < 1.29 is 73.0 Å². The molecule has 7 heteroatoms. The fraction of sp³-hybridized carbons (Fsp3) is 0. The van der Waals surface area contributed by atoms with Crippen LogP contribution in [0.3, 0.4) is 0 Å². The van der Waals surface area contributed by atoms with Crippen LogP contribution >= 0.6 is 0 Å². The summed E-state index contributed by atoms with van der Waals surface area (Å²) < 4.78 is 0. The van der Waals surface area contributed by atoms with Gasteiger partial charge in [-0.1, -0.05) is 0 Å². The van der Waals surface area contributed by atoms with Crippen LogP contribution in [0.2, 0.25) is 0 Å². The summed E-state index contributed by atoms with van der Waals surface area (Å²) in [6.45, 7) is 0.